The predicted molar refractivity (Wildman–Crippen MR) is 62.6 cm³/mol. The van der Waals surface area contributed by atoms with Crippen LogP contribution in [0.3, 0.4) is 0 Å². The molecule has 84 valence electrons. The molecule has 4 nitrogen and oxygen atoms in total. The van der Waals surface area contributed by atoms with Crippen LogP contribution in [-0.4, -0.2) is 27.6 Å². The van der Waals surface area contributed by atoms with Crippen molar-refractivity contribution in [3.8, 4) is 0 Å². The summed E-state index contributed by atoms with van der Waals surface area (Å²) in [4.78, 5) is 2.41. The summed E-state index contributed by atoms with van der Waals surface area (Å²) in [5.41, 5.74) is 6.73. The molecule has 0 amide bonds. The third-order valence-electron chi connectivity index (χ3n) is 3.15. The van der Waals surface area contributed by atoms with Crippen molar-refractivity contribution in [2.24, 2.45) is 5.92 Å². The summed E-state index contributed by atoms with van der Waals surface area (Å²) in [6.45, 7) is 5.30. The topological polar surface area (TPSA) is 55.0 Å². The predicted octanol–water partition coefficient (Wildman–Crippen LogP) is 1.74. The maximum Gasteiger partial charge on any atom is 0.132 e. The molecule has 1 aliphatic rings. The van der Waals surface area contributed by atoms with E-state index in [2.05, 4.69) is 21.4 Å². The van der Waals surface area contributed by atoms with Gasteiger partial charge in [0.2, 0.25) is 0 Å². The van der Waals surface area contributed by atoms with Crippen molar-refractivity contribution in [3.63, 3.8) is 0 Å². The average molecular weight is 226 g/mol. The molecule has 0 aromatic carbocycles. The van der Waals surface area contributed by atoms with Crippen molar-refractivity contribution in [1.82, 2.24) is 14.5 Å². The lowest BCUT2D eigenvalue weighted by Crippen LogP contribution is -2.32. The van der Waals surface area contributed by atoms with Crippen LogP contribution in [0.25, 0.3) is 0 Å². The summed E-state index contributed by atoms with van der Waals surface area (Å²) in [6, 6.07) is 0. The van der Waals surface area contributed by atoms with Gasteiger partial charge in [-0.3, -0.25) is 4.90 Å². The number of anilines is 1. The average Bonchev–Trinajstić information content (AvgIpc) is 2.56. The highest BCUT2D eigenvalue weighted by atomic mass is 32.1. The normalized spacial score (nSPS) is 16.9. The fourth-order valence-electron chi connectivity index (χ4n) is 1.88. The molecule has 15 heavy (non-hydrogen) atoms. The van der Waals surface area contributed by atoms with Crippen molar-refractivity contribution in [2.75, 3.05) is 18.8 Å². The molecular formula is C10H18N4S. The molecule has 0 unspecified atom stereocenters. The minimum atomic E-state index is 0.766. The molecule has 0 aliphatic heterocycles. The van der Waals surface area contributed by atoms with E-state index in [1.165, 1.54) is 37.3 Å². The number of aromatic nitrogens is 2. The zero-order chi connectivity index (χ0) is 10.7. The summed E-state index contributed by atoms with van der Waals surface area (Å²) in [5.74, 6) is 0.901. The van der Waals surface area contributed by atoms with Gasteiger partial charge in [0.1, 0.15) is 10.7 Å². The van der Waals surface area contributed by atoms with E-state index < -0.39 is 0 Å². The summed E-state index contributed by atoms with van der Waals surface area (Å²) in [7, 11) is 0. The van der Waals surface area contributed by atoms with Crippen LogP contribution >= 0.6 is 11.5 Å². The highest BCUT2D eigenvalue weighted by Crippen LogP contribution is 2.27. The number of nitrogens with two attached hydrogens (primary N) is 1. The van der Waals surface area contributed by atoms with Crippen LogP contribution in [0.5, 0.6) is 0 Å². The van der Waals surface area contributed by atoms with Crippen LogP contribution in [0.4, 0.5) is 5.00 Å². The molecule has 1 aliphatic carbocycles. The highest BCUT2D eigenvalue weighted by Gasteiger charge is 2.20. The Hall–Kier alpha value is -0.680. The van der Waals surface area contributed by atoms with E-state index in [1.54, 1.807) is 0 Å². The smallest absolute Gasteiger partial charge is 0.132 e. The lowest BCUT2D eigenvalue weighted by molar-refractivity contribution is 0.177. The van der Waals surface area contributed by atoms with Gasteiger partial charge in [-0.05, 0) is 25.3 Å². The second kappa shape index (κ2) is 4.90. The van der Waals surface area contributed by atoms with Gasteiger partial charge >= 0.3 is 0 Å². The zero-order valence-corrected chi connectivity index (χ0v) is 9.96. The third kappa shape index (κ3) is 2.66. The Morgan fingerprint density at radius 3 is 2.80 bits per heavy atom. The molecule has 0 bridgehead atoms. The van der Waals surface area contributed by atoms with Crippen LogP contribution in [0.2, 0.25) is 0 Å². The minimum absolute atomic E-state index is 0.766. The van der Waals surface area contributed by atoms with Crippen LogP contribution in [0.15, 0.2) is 0 Å². The number of hydrogen-bond acceptors (Lipinski definition) is 5. The number of hydrogen-bond donors (Lipinski definition) is 1. The molecule has 0 radical (unpaired) electrons. The summed E-state index contributed by atoms with van der Waals surface area (Å²) >= 11 is 1.29. The minimum Gasteiger partial charge on any atom is -0.388 e. The number of nitrogens with zero attached hydrogens (tertiary/aromatic N) is 3. The van der Waals surface area contributed by atoms with Crippen molar-refractivity contribution in [2.45, 2.75) is 32.7 Å². The Balaban J connectivity index is 1.87. The van der Waals surface area contributed by atoms with Crippen molar-refractivity contribution >= 4 is 16.5 Å². The summed E-state index contributed by atoms with van der Waals surface area (Å²) < 4.78 is 3.86. The van der Waals surface area contributed by atoms with Gasteiger partial charge in [0.25, 0.3) is 0 Å². The molecule has 0 spiro atoms. The molecule has 2 N–H and O–H groups in total. The first-order valence-corrected chi connectivity index (χ1v) is 6.36. The fourth-order valence-corrected chi connectivity index (χ4v) is 2.32. The van der Waals surface area contributed by atoms with Gasteiger partial charge in [0, 0.05) is 24.6 Å². The first-order valence-electron chi connectivity index (χ1n) is 5.58. The van der Waals surface area contributed by atoms with Crippen molar-refractivity contribution in [1.29, 1.82) is 0 Å². The molecule has 1 aromatic rings. The lowest BCUT2D eigenvalue weighted by Gasteiger charge is -2.31. The molecule has 2 rings (SSSR count). The van der Waals surface area contributed by atoms with Gasteiger partial charge in [-0.15, -0.1) is 5.10 Å². The van der Waals surface area contributed by atoms with E-state index >= 15 is 0 Å². The number of nitrogen functional groups attached to an aromatic ring is 1. The largest absolute Gasteiger partial charge is 0.388 e. The Bertz CT molecular complexity index is 308. The second-order valence-corrected chi connectivity index (χ2v) is 4.99. The summed E-state index contributed by atoms with van der Waals surface area (Å²) in [5, 5.41) is 4.82. The van der Waals surface area contributed by atoms with Crippen LogP contribution < -0.4 is 5.73 Å². The van der Waals surface area contributed by atoms with Gasteiger partial charge in [0.15, 0.2) is 0 Å². The van der Waals surface area contributed by atoms with Crippen LogP contribution in [0.1, 0.15) is 31.9 Å². The Kier molecular flexibility index (Phi) is 3.53. The maximum absolute atomic E-state index is 5.79. The Labute approximate surface area is 94.6 Å². The quantitative estimate of drug-likeness (QED) is 0.831. The van der Waals surface area contributed by atoms with E-state index in [0.29, 0.717) is 0 Å². The van der Waals surface area contributed by atoms with Crippen molar-refractivity contribution < 1.29 is 0 Å². The Morgan fingerprint density at radius 2 is 2.33 bits per heavy atom. The first-order chi connectivity index (χ1) is 7.29. The van der Waals surface area contributed by atoms with Crippen LogP contribution in [0, 0.1) is 5.92 Å². The summed E-state index contributed by atoms with van der Waals surface area (Å²) in [6.07, 6.45) is 4.19. The SMILES string of the molecule is CCN(Cc1nnsc1N)CC1CCC1. The van der Waals surface area contributed by atoms with E-state index in [9.17, 15) is 0 Å². The Morgan fingerprint density at radius 1 is 1.53 bits per heavy atom. The molecule has 1 aromatic heterocycles. The second-order valence-electron chi connectivity index (χ2n) is 4.21. The molecule has 1 fully saturated rings. The standard InChI is InChI=1S/C10H18N4S/c1-2-14(6-8-4-3-5-8)7-9-10(11)15-13-12-9/h8H,2-7,11H2,1H3. The van der Waals surface area contributed by atoms with E-state index in [4.69, 9.17) is 5.73 Å². The monoisotopic (exact) mass is 226 g/mol. The van der Waals surface area contributed by atoms with Crippen LogP contribution in [-0.2, 0) is 6.54 Å². The van der Waals surface area contributed by atoms with E-state index in [0.717, 1.165) is 29.7 Å². The van der Waals surface area contributed by atoms with Crippen molar-refractivity contribution in [3.05, 3.63) is 5.69 Å². The molecule has 0 atom stereocenters. The molecule has 1 heterocycles. The lowest BCUT2D eigenvalue weighted by atomic mass is 9.85. The number of rotatable bonds is 5. The van der Waals surface area contributed by atoms with Gasteiger partial charge < -0.3 is 5.73 Å². The molecule has 0 saturated heterocycles. The zero-order valence-electron chi connectivity index (χ0n) is 9.15. The highest BCUT2D eigenvalue weighted by molar-refractivity contribution is 7.09. The molecule has 5 heteroatoms. The van der Waals surface area contributed by atoms with Gasteiger partial charge in [-0.25, -0.2) is 0 Å². The van der Waals surface area contributed by atoms with E-state index in [-0.39, 0.29) is 0 Å². The van der Waals surface area contributed by atoms with Gasteiger partial charge in [-0.2, -0.15) is 0 Å². The molecular weight excluding hydrogens is 208 g/mol. The molecule has 1 saturated carbocycles. The van der Waals surface area contributed by atoms with Gasteiger partial charge in [-0.1, -0.05) is 17.8 Å². The third-order valence-corrected chi connectivity index (χ3v) is 3.74. The van der Waals surface area contributed by atoms with E-state index in [1.807, 2.05) is 0 Å². The maximum atomic E-state index is 5.79. The first kappa shape index (κ1) is 10.8. The fraction of sp³-hybridized carbons (Fsp3) is 0.800. The van der Waals surface area contributed by atoms with Gasteiger partial charge in [0.05, 0.1) is 0 Å².